The largest absolute Gasteiger partial charge is 0.416 e. The third kappa shape index (κ3) is 4.49. The SMILES string of the molecule is OC(O)CC1CCC2(CC1)CCN(c1cc(F)cc(C(F)(F)F)c1)CC2. The minimum atomic E-state index is -4.55. The molecular weight excluding hydrogens is 350 g/mol. The summed E-state index contributed by atoms with van der Waals surface area (Å²) < 4.78 is 52.4. The molecule has 3 rings (SSSR count). The highest BCUT2D eigenvalue weighted by Crippen LogP contribution is 2.47. The van der Waals surface area contributed by atoms with Gasteiger partial charge in [0.15, 0.2) is 6.29 Å². The van der Waals surface area contributed by atoms with E-state index >= 15 is 0 Å². The van der Waals surface area contributed by atoms with Crippen molar-refractivity contribution in [2.75, 3.05) is 18.0 Å². The number of nitrogens with zero attached hydrogens (tertiary/aromatic N) is 1. The van der Waals surface area contributed by atoms with Crippen LogP contribution in [0.15, 0.2) is 18.2 Å². The molecule has 1 spiro atoms. The van der Waals surface area contributed by atoms with Crippen LogP contribution in [0.1, 0.15) is 50.5 Å². The molecule has 146 valence electrons. The summed E-state index contributed by atoms with van der Waals surface area (Å²) in [5.74, 6) is -0.533. The van der Waals surface area contributed by atoms with Crippen molar-refractivity contribution in [2.45, 2.75) is 57.4 Å². The first-order valence-corrected chi connectivity index (χ1v) is 9.16. The van der Waals surface area contributed by atoms with Crippen LogP contribution in [0.2, 0.25) is 0 Å². The first-order chi connectivity index (χ1) is 12.2. The van der Waals surface area contributed by atoms with Gasteiger partial charge in [0, 0.05) is 25.2 Å². The van der Waals surface area contributed by atoms with Crippen molar-refractivity contribution in [3.63, 3.8) is 0 Å². The number of aliphatic hydroxyl groups is 2. The molecule has 2 aliphatic rings. The smallest absolute Gasteiger partial charge is 0.371 e. The Morgan fingerprint density at radius 3 is 2.19 bits per heavy atom. The number of benzene rings is 1. The highest BCUT2D eigenvalue weighted by Gasteiger charge is 2.39. The molecule has 1 aromatic carbocycles. The fourth-order valence-electron chi connectivity index (χ4n) is 4.48. The molecule has 1 aromatic rings. The number of piperidine rings is 1. The zero-order chi connectivity index (χ0) is 18.9. The van der Waals surface area contributed by atoms with Gasteiger partial charge in [-0.05, 0) is 68.1 Å². The van der Waals surface area contributed by atoms with E-state index in [1.54, 1.807) is 0 Å². The Morgan fingerprint density at radius 1 is 1.04 bits per heavy atom. The lowest BCUT2D eigenvalue weighted by molar-refractivity contribution is -0.137. The van der Waals surface area contributed by atoms with E-state index in [9.17, 15) is 17.6 Å². The molecule has 0 bridgehead atoms. The number of hydrogen-bond acceptors (Lipinski definition) is 3. The van der Waals surface area contributed by atoms with Crippen molar-refractivity contribution in [1.29, 1.82) is 0 Å². The van der Waals surface area contributed by atoms with Crippen molar-refractivity contribution in [3.05, 3.63) is 29.6 Å². The number of alkyl halides is 3. The minimum absolute atomic E-state index is 0.188. The van der Waals surface area contributed by atoms with Crippen molar-refractivity contribution in [1.82, 2.24) is 0 Å². The molecule has 0 aromatic heterocycles. The summed E-state index contributed by atoms with van der Waals surface area (Å²) in [6, 6.07) is 2.74. The molecular formula is C19H25F4NO2. The summed E-state index contributed by atoms with van der Waals surface area (Å²) in [6.07, 6.45) is 0.274. The normalized spacial score (nSPS) is 21.6. The molecule has 0 amide bonds. The quantitative estimate of drug-likeness (QED) is 0.611. The predicted molar refractivity (Wildman–Crippen MR) is 90.1 cm³/mol. The van der Waals surface area contributed by atoms with Gasteiger partial charge in [-0.25, -0.2) is 4.39 Å². The van der Waals surface area contributed by atoms with Crippen LogP contribution >= 0.6 is 0 Å². The molecule has 0 radical (unpaired) electrons. The van der Waals surface area contributed by atoms with Gasteiger partial charge in [-0.3, -0.25) is 0 Å². The lowest BCUT2D eigenvalue weighted by Gasteiger charge is -2.46. The summed E-state index contributed by atoms with van der Waals surface area (Å²) in [7, 11) is 0. The second-order valence-corrected chi connectivity index (χ2v) is 7.84. The summed E-state index contributed by atoms with van der Waals surface area (Å²) in [5, 5.41) is 18.2. The van der Waals surface area contributed by atoms with Gasteiger partial charge >= 0.3 is 6.18 Å². The van der Waals surface area contributed by atoms with E-state index in [2.05, 4.69) is 0 Å². The van der Waals surface area contributed by atoms with Crippen LogP contribution < -0.4 is 4.90 Å². The average molecular weight is 375 g/mol. The molecule has 1 saturated heterocycles. The van der Waals surface area contributed by atoms with E-state index in [0.29, 0.717) is 37.2 Å². The van der Waals surface area contributed by atoms with Gasteiger partial charge in [0.2, 0.25) is 0 Å². The topological polar surface area (TPSA) is 43.7 Å². The molecule has 0 unspecified atom stereocenters. The second-order valence-electron chi connectivity index (χ2n) is 7.84. The molecule has 1 aliphatic heterocycles. The maximum atomic E-state index is 13.6. The number of rotatable bonds is 3. The van der Waals surface area contributed by atoms with E-state index < -0.39 is 23.8 Å². The highest BCUT2D eigenvalue weighted by molar-refractivity contribution is 5.50. The highest BCUT2D eigenvalue weighted by atomic mass is 19.4. The van der Waals surface area contributed by atoms with Crippen LogP contribution in [0.25, 0.3) is 0 Å². The van der Waals surface area contributed by atoms with Crippen LogP contribution in [-0.2, 0) is 6.18 Å². The Balaban J connectivity index is 1.62. The number of anilines is 1. The van der Waals surface area contributed by atoms with Gasteiger partial charge in [-0.1, -0.05) is 0 Å². The Hall–Kier alpha value is -1.34. The standard InChI is InChI=1S/C19H25F4NO2/c20-15-10-14(19(21,22)23)11-16(12-15)24-7-5-18(6-8-24)3-1-13(2-4-18)9-17(25)26/h10-13,17,25-26H,1-9H2. The summed E-state index contributed by atoms with van der Waals surface area (Å²) in [5.41, 5.74) is -0.465. The average Bonchev–Trinajstić information content (AvgIpc) is 2.56. The molecule has 1 saturated carbocycles. The Bertz CT molecular complexity index is 614. The Morgan fingerprint density at radius 2 is 1.65 bits per heavy atom. The van der Waals surface area contributed by atoms with Crippen LogP contribution in [0.4, 0.5) is 23.2 Å². The second kappa shape index (κ2) is 7.35. The first kappa shape index (κ1) is 19.4. The molecule has 1 heterocycles. The van der Waals surface area contributed by atoms with Gasteiger partial charge in [0.05, 0.1) is 5.56 Å². The summed E-state index contributed by atoms with van der Waals surface area (Å²) in [6.45, 7) is 1.24. The Kier molecular flexibility index (Phi) is 5.49. The van der Waals surface area contributed by atoms with Gasteiger partial charge in [0.1, 0.15) is 5.82 Å². The third-order valence-electron chi connectivity index (χ3n) is 6.11. The van der Waals surface area contributed by atoms with Gasteiger partial charge in [-0.2, -0.15) is 13.2 Å². The zero-order valence-electron chi connectivity index (χ0n) is 14.6. The fraction of sp³-hybridized carbons (Fsp3) is 0.684. The minimum Gasteiger partial charge on any atom is -0.371 e. The predicted octanol–water partition coefficient (Wildman–Crippen LogP) is 4.32. The number of halogens is 4. The van der Waals surface area contributed by atoms with E-state index in [1.807, 2.05) is 4.90 Å². The number of hydrogen-bond donors (Lipinski definition) is 2. The van der Waals surface area contributed by atoms with Crippen LogP contribution in [0.5, 0.6) is 0 Å². The third-order valence-corrected chi connectivity index (χ3v) is 6.11. The monoisotopic (exact) mass is 375 g/mol. The van der Waals surface area contributed by atoms with Crippen molar-refractivity contribution in [2.24, 2.45) is 11.3 Å². The molecule has 7 heteroatoms. The van der Waals surface area contributed by atoms with E-state index in [-0.39, 0.29) is 5.41 Å². The van der Waals surface area contributed by atoms with Crippen molar-refractivity contribution < 1.29 is 27.8 Å². The Labute approximate surface area is 150 Å². The molecule has 1 aliphatic carbocycles. The van der Waals surface area contributed by atoms with Crippen LogP contribution in [0.3, 0.4) is 0 Å². The lowest BCUT2D eigenvalue weighted by Crippen LogP contribution is -2.42. The molecule has 3 nitrogen and oxygen atoms in total. The fourth-order valence-corrected chi connectivity index (χ4v) is 4.48. The molecule has 0 atom stereocenters. The maximum Gasteiger partial charge on any atom is 0.416 e. The van der Waals surface area contributed by atoms with E-state index in [4.69, 9.17) is 10.2 Å². The van der Waals surface area contributed by atoms with Crippen molar-refractivity contribution >= 4 is 5.69 Å². The first-order valence-electron chi connectivity index (χ1n) is 9.16. The van der Waals surface area contributed by atoms with Gasteiger partial charge in [-0.15, -0.1) is 0 Å². The van der Waals surface area contributed by atoms with Crippen molar-refractivity contribution in [3.8, 4) is 0 Å². The summed E-state index contributed by atoms with van der Waals surface area (Å²) in [4.78, 5) is 1.84. The molecule has 26 heavy (non-hydrogen) atoms. The lowest BCUT2D eigenvalue weighted by atomic mass is 9.65. The maximum absolute atomic E-state index is 13.6. The number of aliphatic hydroxyl groups excluding tert-OH is 1. The van der Waals surface area contributed by atoms with Gasteiger partial charge in [0.25, 0.3) is 0 Å². The summed E-state index contributed by atoms with van der Waals surface area (Å²) >= 11 is 0. The molecule has 2 N–H and O–H groups in total. The van der Waals surface area contributed by atoms with Crippen LogP contribution in [0, 0.1) is 17.2 Å². The molecule has 2 fully saturated rings. The zero-order valence-corrected chi connectivity index (χ0v) is 14.6. The van der Waals surface area contributed by atoms with E-state index in [0.717, 1.165) is 44.6 Å². The van der Waals surface area contributed by atoms with Gasteiger partial charge < -0.3 is 15.1 Å². The van der Waals surface area contributed by atoms with Crippen LogP contribution in [-0.4, -0.2) is 29.6 Å². The van der Waals surface area contributed by atoms with E-state index in [1.165, 1.54) is 6.07 Å².